The second kappa shape index (κ2) is 5.89. The number of benzene rings is 4. The molecule has 124 valence electrons. The average molecular weight is 333 g/mol. The Bertz CT molecular complexity index is 1180. The van der Waals surface area contributed by atoms with Crippen LogP contribution in [0.15, 0.2) is 97.1 Å². The predicted molar refractivity (Wildman–Crippen MR) is 111 cm³/mol. The van der Waals surface area contributed by atoms with Crippen molar-refractivity contribution >= 4 is 21.8 Å². The number of para-hydroxylation sites is 2. The van der Waals surface area contributed by atoms with E-state index in [1.54, 1.807) is 0 Å². The minimum absolute atomic E-state index is 1.24. The van der Waals surface area contributed by atoms with Crippen molar-refractivity contribution < 1.29 is 0 Å². The lowest BCUT2D eigenvalue weighted by Gasteiger charge is -2.15. The molecule has 5 aromatic rings. The van der Waals surface area contributed by atoms with E-state index in [0.29, 0.717) is 0 Å². The number of fused-ring (bicyclic) bond motifs is 3. The summed E-state index contributed by atoms with van der Waals surface area (Å²) in [6.45, 7) is 2.22. The molecule has 0 radical (unpaired) electrons. The fourth-order valence-corrected chi connectivity index (χ4v) is 3.98. The fraction of sp³-hybridized carbons (Fsp3) is 0.0400. The molecule has 0 saturated carbocycles. The standard InChI is InChI=1S/C25H19N/c1-18-20(19-10-3-2-4-11-19)14-9-17-23(18)26-24-15-7-5-12-21(24)22-13-6-8-16-25(22)26/h2-17H,1H3. The molecule has 0 bridgehead atoms. The van der Waals surface area contributed by atoms with Gasteiger partial charge in [0.25, 0.3) is 0 Å². The van der Waals surface area contributed by atoms with Crippen molar-refractivity contribution in [2.45, 2.75) is 6.92 Å². The van der Waals surface area contributed by atoms with Crippen molar-refractivity contribution in [1.82, 2.24) is 4.57 Å². The predicted octanol–water partition coefficient (Wildman–Crippen LogP) is 6.76. The van der Waals surface area contributed by atoms with E-state index in [2.05, 4.69) is 109 Å². The SMILES string of the molecule is Cc1c(-c2ccccc2)cccc1-n1c2ccccc2c2ccccc21. The summed E-state index contributed by atoms with van der Waals surface area (Å²) in [6, 6.07) is 34.5. The summed E-state index contributed by atoms with van der Waals surface area (Å²) in [5, 5.41) is 2.60. The molecule has 0 atom stereocenters. The molecular formula is C25H19N. The molecule has 0 amide bonds. The van der Waals surface area contributed by atoms with E-state index in [-0.39, 0.29) is 0 Å². The van der Waals surface area contributed by atoms with Gasteiger partial charge in [-0.3, -0.25) is 0 Å². The lowest BCUT2D eigenvalue weighted by Crippen LogP contribution is -1.98. The summed E-state index contributed by atoms with van der Waals surface area (Å²) in [5.41, 5.74) is 7.58. The van der Waals surface area contributed by atoms with Crippen LogP contribution in [-0.4, -0.2) is 4.57 Å². The van der Waals surface area contributed by atoms with Gasteiger partial charge < -0.3 is 4.57 Å². The Morgan fingerprint density at radius 2 is 1.12 bits per heavy atom. The highest BCUT2D eigenvalue weighted by atomic mass is 15.0. The molecule has 1 aromatic heterocycles. The Balaban J connectivity index is 1.87. The first-order valence-electron chi connectivity index (χ1n) is 8.98. The number of nitrogens with zero attached hydrogens (tertiary/aromatic N) is 1. The molecule has 5 rings (SSSR count). The van der Waals surface area contributed by atoms with E-state index >= 15 is 0 Å². The fourth-order valence-electron chi connectivity index (χ4n) is 3.98. The van der Waals surface area contributed by atoms with E-state index in [1.165, 1.54) is 44.2 Å². The third kappa shape index (κ3) is 2.18. The molecule has 1 nitrogen and oxygen atoms in total. The van der Waals surface area contributed by atoms with Crippen LogP contribution >= 0.6 is 0 Å². The van der Waals surface area contributed by atoms with Crippen LogP contribution in [0, 0.1) is 6.92 Å². The van der Waals surface area contributed by atoms with E-state index in [9.17, 15) is 0 Å². The van der Waals surface area contributed by atoms with Crippen molar-refractivity contribution in [3.8, 4) is 16.8 Å². The van der Waals surface area contributed by atoms with E-state index in [0.717, 1.165) is 0 Å². The molecule has 1 heteroatoms. The van der Waals surface area contributed by atoms with Gasteiger partial charge in [-0.1, -0.05) is 78.9 Å². The van der Waals surface area contributed by atoms with Gasteiger partial charge in [-0.2, -0.15) is 0 Å². The minimum Gasteiger partial charge on any atom is -0.309 e. The summed E-state index contributed by atoms with van der Waals surface area (Å²) in [6.07, 6.45) is 0. The van der Waals surface area contributed by atoms with Gasteiger partial charge in [0, 0.05) is 16.5 Å². The van der Waals surface area contributed by atoms with E-state index in [4.69, 9.17) is 0 Å². The highest BCUT2D eigenvalue weighted by Crippen LogP contribution is 2.35. The number of hydrogen-bond acceptors (Lipinski definition) is 0. The monoisotopic (exact) mass is 333 g/mol. The summed E-state index contributed by atoms with van der Waals surface area (Å²) in [4.78, 5) is 0. The van der Waals surface area contributed by atoms with E-state index < -0.39 is 0 Å². The van der Waals surface area contributed by atoms with Crippen LogP contribution in [0.1, 0.15) is 5.56 Å². The van der Waals surface area contributed by atoms with Crippen molar-refractivity contribution in [3.63, 3.8) is 0 Å². The van der Waals surface area contributed by atoms with E-state index in [1.807, 2.05) is 0 Å². The highest BCUT2D eigenvalue weighted by Gasteiger charge is 2.14. The third-order valence-electron chi connectivity index (χ3n) is 5.21. The van der Waals surface area contributed by atoms with Crippen molar-refractivity contribution in [2.75, 3.05) is 0 Å². The molecular weight excluding hydrogens is 314 g/mol. The van der Waals surface area contributed by atoms with Gasteiger partial charge in [0.15, 0.2) is 0 Å². The Morgan fingerprint density at radius 3 is 1.77 bits per heavy atom. The van der Waals surface area contributed by atoms with Gasteiger partial charge in [-0.05, 0) is 41.8 Å². The molecule has 0 aliphatic carbocycles. The van der Waals surface area contributed by atoms with Crippen LogP contribution in [0.2, 0.25) is 0 Å². The molecule has 1 heterocycles. The topological polar surface area (TPSA) is 4.93 Å². The molecule has 0 aliphatic rings. The zero-order valence-electron chi connectivity index (χ0n) is 14.7. The van der Waals surface area contributed by atoms with Gasteiger partial charge in [0.05, 0.1) is 11.0 Å². The second-order valence-corrected chi connectivity index (χ2v) is 6.69. The molecule has 0 fully saturated rings. The summed E-state index contributed by atoms with van der Waals surface area (Å²) in [5.74, 6) is 0. The highest BCUT2D eigenvalue weighted by molar-refractivity contribution is 6.09. The number of hydrogen-bond donors (Lipinski definition) is 0. The third-order valence-corrected chi connectivity index (χ3v) is 5.21. The summed E-state index contributed by atoms with van der Waals surface area (Å²) >= 11 is 0. The van der Waals surface area contributed by atoms with Crippen LogP contribution in [0.25, 0.3) is 38.6 Å². The first kappa shape index (κ1) is 15.0. The largest absolute Gasteiger partial charge is 0.309 e. The second-order valence-electron chi connectivity index (χ2n) is 6.69. The maximum Gasteiger partial charge on any atom is 0.0541 e. The van der Waals surface area contributed by atoms with Crippen molar-refractivity contribution in [2.24, 2.45) is 0 Å². The average Bonchev–Trinajstić information content (AvgIpc) is 3.03. The molecule has 4 aromatic carbocycles. The molecule has 0 aliphatic heterocycles. The summed E-state index contributed by atoms with van der Waals surface area (Å²) in [7, 11) is 0. The maximum atomic E-state index is 2.40. The Morgan fingerprint density at radius 1 is 0.538 bits per heavy atom. The van der Waals surface area contributed by atoms with Crippen molar-refractivity contribution in [3.05, 3.63) is 103 Å². The molecule has 26 heavy (non-hydrogen) atoms. The number of rotatable bonds is 2. The van der Waals surface area contributed by atoms with Crippen molar-refractivity contribution in [1.29, 1.82) is 0 Å². The normalized spacial score (nSPS) is 11.3. The van der Waals surface area contributed by atoms with Gasteiger partial charge in [-0.25, -0.2) is 0 Å². The molecule has 0 saturated heterocycles. The Kier molecular flexibility index (Phi) is 3.39. The Labute approximate surface area is 153 Å². The van der Waals surface area contributed by atoms with Crippen LogP contribution in [-0.2, 0) is 0 Å². The van der Waals surface area contributed by atoms with Gasteiger partial charge >= 0.3 is 0 Å². The quantitative estimate of drug-likeness (QED) is 0.336. The number of aromatic nitrogens is 1. The smallest absolute Gasteiger partial charge is 0.0541 e. The molecule has 0 unspecified atom stereocenters. The Hall–Kier alpha value is -3.32. The molecule has 0 N–H and O–H groups in total. The van der Waals surface area contributed by atoms with Crippen LogP contribution in [0.5, 0.6) is 0 Å². The van der Waals surface area contributed by atoms with Gasteiger partial charge in [-0.15, -0.1) is 0 Å². The van der Waals surface area contributed by atoms with Crippen LogP contribution in [0.3, 0.4) is 0 Å². The minimum atomic E-state index is 1.24. The van der Waals surface area contributed by atoms with Gasteiger partial charge in [0.1, 0.15) is 0 Å². The van der Waals surface area contributed by atoms with Crippen LogP contribution in [0.4, 0.5) is 0 Å². The zero-order chi connectivity index (χ0) is 17.5. The lowest BCUT2D eigenvalue weighted by molar-refractivity contribution is 1.15. The zero-order valence-corrected chi connectivity index (χ0v) is 14.7. The van der Waals surface area contributed by atoms with Gasteiger partial charge in [0.2, 0.25) is 0 Å². The molecule has 0 spiro atoms. The first-order chi connectivity index (χ1) is 12.8. The van der Waals surface area contributed by atoms with Crippen LogP contribution < -0.4 is 0 Å². The first-order valence-corrected chi connectivity index (χ1v) is 8.98. The summed E-state index contributed by atoms with van der Waals surface area (Å²) < 4.78 is 2.40. The lowest BCUT2D eigenvalue weighted by atomic mass is 9.99. The maximum absolute atomic E-state index is 2.40.